The average molecular weight is 218 g/mol. The van der Waals surface area contributed by atoms with Crippen LogP contribution in [0.3, 0.4) is 0 Å². The maximum Gasteiger partial charge on any atom is 0.335 e. The van der Waals surface area contributed by atoms with Gasteiger partial charge >= 0.3 is 10.2 Å². The number of carbonyl (C=O) groups excluding carboxylic acids is 1. The normalized spacial score (nSPS) is 11.0. The molecule has 0 fully saturated rings. The van der Waals surface area contributed by atoms with Gasteiger partial charge < -0.3 is 4.74 Å². The summed E-state index contributed by atoms with van der Waals surface area (Å²) in [5.74, 6) is -0.127. The second-order valence-electron chi connectivity index (χ2n) is 2.47. The van der Waals surface area contributed by atoms with Crippen LogP contribution in [0.15, 0.2) is 23.1 Å². The van der Waals surface area contributed by atoms with Gasteiger partial charge in [0.25, 0.3) is 0 Å². The van der Waals surface area contributed by atoms with Crippen molar-refractivity contribution in [2.24, 2.45) is 0 Å². The predicted molar refractivity (Wildman–Crippen MR) is 46.7 cm³/mol. The van der Waals surface area contributed by atoms with E-state index < -0.39 is 15.1 Å². The number of halogens is 1. The molecular weight excluding hydrogens is 211 g/mol. The average Bonchev–Trinajstić information content (AvgIpc) is 2.15. The maximum atomic E-state index is 12.7. The number of methoxy groups -OCH3 is 1. The summed E-state index contributed by atoms with van der Waals surface area (Å²) in [6.07, 6.45) is 0.425. The SMILES string of the molecule is COc1ccc(C=O)cc1S(=O)(=O)F. The number of aldehydes is 1. The van der Waals surface area contributed by atoms with E-state index in [1.807, 2.05) is 0 Å². The van der Waals surface area contributed by atoms with Crippen molar-refractivity contribution in [3.8, 4) is 5.75 Å². The Hall–Kier alpha value is -1.43. The second kappa shape index (κ2) is 3.75. The summed E-state index contributed by atoms with van der Waals surface area (Å²) in [5, 5.41) is 0. The van der Waals surface area contributed by atoms with E-state index in [9.17, 15) is 17.1 Å². The van der Waals surface area contributed by atoms with Gasteiger partial charge in [-0.2, -0.15) is 8.42 Å². The minimum absolute atomic E-state index is 0.0713. The summed E-state index contributed by atoms with van der Waals surface area (Å²) in [6, 6.07) is 3.47. The molecule has 1 aromatic rings. The lowest BCUT2D eigenvalue weighted by Gasteiger charge is -2.04. The Labute approximate surface area is 80.5 Å². The van der Waals surface area contributed by atoms with Crippen LogP contribution in [0, 0.1) is 0 Å². The molecule has 76 valence electrons. The molecule has 14 heavy (non-hydrogen) atoms. The summed E-state index contributed by atoms with van der Waals surface area (Å²) in [5.41, 5.74) is 0.0713. The van der Waals surface area contributed by atoms with E-state index in [-0.39, 0.29) is 11.3 Å². The standard InChI is InChI=1S/C8H7FO4S/c1-13-7-3-2-6(5-10)4-8(7)14(9,11)12/h2-5H,1H3. The molecule has 0 bridgehead atoms. The lowest BCUT2D eigenvalue weighted by Crippen LogP contribution is -1.98. The molecule has 6 heteroatoms. The van der Waals surface area contributed by atoms with Crippen molar-refractivity contribution in [1.29, 1.82) is 0 Å². The van der Waals surface area contributed by atoms with Crippen LogP contribution in [0.4, 0.5) is 3.89 Å². The van der Waals surface area contributed by atoms with Crippen molar-refractivity contribution in [3.05, 3.63) is 23.8 Å². The molecule has 0 amide bonds. The second-order valence-corrected chi connectivity index (χ2v) is 3.78. The van der Waals surface area contributed by atoms with Crippen LogP contribution in [-0.2, 0) is 10.2 Å². The Morgan fingerprint density at radius 2 is 2.07 bits per heavy atom. The number of ether oxygens (including phenoxy) is 1. The van der Waals surface area contributed by atoms with Gasteiger partial charge in [0.1, 0.15) is 16.9 Å². The molecule has 0 saturated carbocycles. The first-order valence-electron chi connectivity index (χ1n) is 3.57. The Morgan fingerprint density at radius 1 is 1.43 bits per heavy atom. The fraction of sp³-hybridized carbons (Fsp3) is 0.125. The van der Waals surface area contributed by atoms with E-state index in [0.29, 0.717) is 6.29 Å². The van der Waals surface area contributed by atoms with Gasteiger partial charge in [-0.1, -0.05) is 0 Å². The van der Waals surface area contributed by atoms with E-state index in [0.717, 1.165) is 6.07 Å². The molecule has 0 N–H and O–H groups in total. The summed E-state index contributed by atoms with van der Waals surface area (Å²) >= 11 is 0. The molecule has 1 aromatic carbocycles. The van der Waals surface area contributed by atoms with Gasteiger partial charge in [-0.15, -0.1) is 3.89 Å². The third kappa shape index (κ3) is 2.08. The Bertz CT molecular complexity index is 452. The van der Waals surface area contributed by atoms with Gasteiger partial charge in [-0.05, 0) is 18.2 Å². The van der Waals surface area contributed by atoms with Crippen LogP contribution >= 0.6 is 0 Å². The summed E-state index contributed by atoms with van der Waals surface area (Å²) in [7, 11) is -3.65. The van der Waals surface area contributed by atoms with Gasteiger partial charge in [-0.25, -0.2) is 0 Å². The zero-order chi connectivity index (χ0) is 10.8. The predicted octanol–water partition coefficient (Wildman–Crippen LogP) is 1.17. The first-order valence-corrected chi connectivity index (χ1v) is 4.95. The lowest BCUT2D eigenvalue weighted by atomic mass is 10.2. The molecule has 0 aliphatic rings. The van der Waals surface area contributed by atoms with Crippen LogP contribution in [0.25, 0.3) is 0 Å². The molecule has 0 saturated heterocycles. The summed E-state index contributed by atoms with van der Waals surface area (Å²) in [6.45, 7) is 0. The van der Waals surface area contributed by atoms with Crippen molar-refractivity contribution in [1.82, 2.24) is 0 Å². The summed E-state index contributed by atoms with van der Waals surface area (Å²) < 4.78 is 38.5. The highest BCUT2D eigenvalue weighted by Gasteiger charge is 2.18. The van der Waals surface area contributed by atoms with Crippen LogP contribution in [0.5, 0.6) is 5.75 Å². The molecule has 0 aliphatic heterocycles. The van der Waals surface area contributed by atoms with Gasteiger partial charge in [0.15, 0.2) is 0 Å². The zero-order valence-corrected chi connectivity index (χ0v) is 8.05. The zero-order valence-electron chi connectivity index (χ0n) is 7.23. The van der Waals surface area contributed by atoms with E-state index in [1.54, 1.807) is 0 Å². The molecule has 0 aliphatic carbocycles. The van der Waals surface area contributed by atoms with Gasteiger partial charge in [0.05, 0.1) is 7.11 Å². The van der Waals surface area contributed by atoms with E-state index in [2.05, 4.69) is 4.74 Å². The van der Waals surface area contributed by atoms with Crippen LogP contribution < -0.4 is 4.74 Å². The highest BCUT2D eigenvalue weighted by molar-refractivity contribution is 7.86. The first kappa shape index (κ1) is 10.6. The van der Waals surface area contributed by atoms with Crippen molar-refractivity contribution in [2.45, 2.75) is 4.90 Å². The Morgan fingerprint density at radius 3 is 2.50 bits per heavy atom. The number of benzene rings is 1. The van der Waals surface area contributed by atoms with E-state index in [1.165, 1.54) is 19.2 Å². The van der Waals surface area contributed by atoms with Crippen molar-refractivity contribution < 1.29 is 21.8 Å². The molecule has 0 heterocycles. The molecular formula is C8H7FO4S. The molecule has 0 atom stereocenters. The number of hydrogen-bond acceptors (Lipinski definition) is 4. The van der Waals surface area contributed by atoms with E-state index >= 15 is 0 Å². The maximum absolute atomic E-state index is 12.7. The third-order valence-electron chi connectivity index (χ3n) is 1.59. The molecule has 0 aromatic heterocycles. The van der Waals surface area contributed by atoms with E-state index in [4.69, 9.17) is 0 Å². The summed E-state index contributed by atoms with van der Waals surface area (Å²) in [4.78, 5) is 9.69. The minimum Gasteiger partial charge on any atom is -0.495 e. The topological polar surface area (TPSA) is 60.4 Å². The molecule has 1 rings (SSSR count). The highest BCUT2D eigenvalue weighted by atomic mass is 32.3. The molecule has 0 spiro atoms. The van der Waals surface area contributed by atoms with Crippen molar-refractivity contribution in [3.63, 3.8) is 0 Å². The fourth-order valence-electron chi connectivity index (χ4n) is 0.957. The largest absolute Gasteiger partial charge is 0.495 e. The first-order chi connectivity index (χ1) is 6.49. The van der Waals surface area contributed by atoms with Gasteiger partial charge in [0.2, 0.25) is 0 Å². The van der Waals surface area contributed by atoms with Gasteiger partial charge in [0, 0.05) is 5.56 Å². The highest BCUT2D eigenvalue weighted by Crippen LogP contribution is 2.25. The molecule has 4 nitrogen and oxygen atoms in total. The lowest BCUT2D eigenvalue weighted by molar-refractivity contribution is 0.112. The smallest absolute Gasteiger partial charge is 0.335 e. The third-order valence-corrected chi connectivity index (χ3v) is 2.43. The van der Waals surface area contributed by atoms with Crippen LogP contribution in [0.2, 0.25) is 0 Å². The molecule has 0 unspecified atom stereocenters. The molecule has 0 radical (unpaired) electrons. The van der Waals surface area contributed by atoms with Gasteiger partial charge in [-0.3, -0.25) is 4.79 Å². The minimum atomic E-state index is -4.86. The Balaban J connectivity index is 3.44. The number of hydrogen-bond donors (Lipinski definition) is 0. The number of carbonyl (C=O) groups is 1. The Kier molecular flexibility index (Phi) is 2.85. The number of rotatable bonds is 3. The van der Waals surface area contributed by atoms with Crippen LogP contribution in [-0.4, -0.2) is 21.8 Å². The monoisotopic (exact) mass is 218 g/mol. The van der Waals surface area contributed by atoms with Crippen LogP contribution in [0.1, 0.15) is 10.4 Å². The van der Waals surface area contributed by atoms with Crippen molar-refractivity contribution >= 4 is 16.5 Å². The van der Waals surface area contributed by atoms with Crippen molar-refractivity contribution in [2.75, 3.05) is 7.11 Å². The quantitative estimate of drug-likeness (QED) is 0.564. The fourth-order valence-corrected chi connectivity index (χ4v) is 1.63.